The maximum atomic E-state index is 11.0. The third-order valence-electron chi connectivity index (χ3n) is 2.47. The lowest BCUT2D eigenvalue weighted by molar-refractivity contribution is 0.0694. The highest BCUT2D eigenvalue weighted by atomic mass is 32.2. The Hall–Kier alpha value is -2.38. The Balaban J connectivity index is 2.30. The van der Waals surface area contributed by atoms with Gasteiger partial charge in [0, 0.05) is 0 Å². The van der Waals surface area contributed by atoms with E-state index < -0.39 is 16.1 Å². The topological polar surface area (TPSA) is 101 Å². The molecule has 2 rings (SSSR count). The van der Waals surface area contributed by atoms with Crippen molar-refractivity contribution in [2.24, 2.45) is 0 Å². The van der Waals surface area contributed by atoms with Crippen molar-refractivity contribution in [3.63, 3.8) is 0 Å². The lowest BCUT2D eigenvalue weighted by atomic mass is 10.2. The molecule has 0 fully saturated rings. The van der Waals surface area contributed by atoms with Gasteiger partial charge in [-0.1, -0.05) is 12.1 Å². The number of para-hydroxylation sites is 1. The Kier molecular flexibility index (Phi) is 3.73. The predicted octanol–water partition coefficient (Wildman–Crippen LogP) is 2.42. The molecule has 0 spiro atoms. The van der Waals surface area contributed by atoms with Gasteiger partial charge in [-0.2, -0.15) is 8.42 Å². The summed E-state index contributed by atoms with van der Waals surface area (Å²) in [5.41, 5.74) is -0.00800. The molecule has 0 unspecified atom stereocenters. The van der Waals surface area contributed by atoms with Crippen LogP contribution >= 0.6 is 0 Å². The summed E-state index contributed by atoms with van der Waals surface area (Å²) in [5.74, 6) is -0.735. The van der Waals surface area contributed by atoms with Crippen LogP contribution in [-0.4, -0.2) is 24.0 Å². The van der Waals surface area contributed by atoms with Crippen molar-refractivity contribution < 1.29 is 27.6 Å². The lowest BCUT2D eigenvalue weighted by Gasteiger charge is -2.08. The van der Waals surface area contributed by atoms with Gasteiger partial charge in [0.15, 0.2) is 0 Å². The summed E-state index contributed by atoms with van der Waals surface area (Å²) in [6, 6.07) is 11.0. The van der Waals surface area contributed by atoms with Crippen LogP contribution in [0, 0.1) is 0 Å². The highest BCUT2D eigenvalue weighted by molar-refractivity contribution is 7.85. The summed E-state index contributed by atoms with van der Waals surface area (Å²) in [6.45, 7) is 0. The van der Waals surface area contributed by atoms with Gasteiger partial charge in [-0.3, -0.25) is 4.55 Å². The van der Waals surface area contributed by atoms with E-state index in [-0.39, 0.29) is 22.0 Å². The molecule has 0 heterocycles. The molecule has 0 aromatic heterocycles. The standard InChI is InChI=1S/C13H10O6S/c14-13(15)11-3-1-2-4-12(11)19-9-5-7-10(8-6-9)20(16,17)18/h1-8H,(H,14,15)(H,16,17,18). The Labute approximate surface area is 115 Å². The van der Waals surface area contributed by atoms with Crippen molar-refractivity contribution in [3.8, 4) is 11.5 Å². The number of aromatic carboxylic acids is 1. The number of carbonyl (C=O) groups is 1. The highest BCUT2D eigenvalue weighted by Crippen LogP contribution is 2.26. The summed E-state index contributed by atoms with van der Waals surface area (Å²) >= 11 is 0. The van der Waals surface area contributed by atoms with Crippen molar-refractivity contribution in [1.29, 1.82) is 0 Å². The molecule has 0 amide bonds. The van der Waals surface area contributed by atoms with Gasteiger partial charge in [-0.15, -0.1) is 0 Å². The molecule has 20 heavy (non-hydrogen) atoms. The van der Waals surface area contributed by atoms with Gasteiger partial charge < -0.3 is 9.84 Å². The van der Waals surface area contributed by atoms with Crippen LogP contribution in [0.5, 0.6) is 11.5 Å². The third-order valence-corrected chi connectivity index (χ3v) is 3.33. The highest BCUT2D eigenvalue weighted by Gasteiger charge is 2.12. The van der Waals surface area contributed by atoms with Crippen LogP contribution in [0.3, 0.4) is 0 Å². The zero-order chi connectivity index (χ0) is 14.8. The molecule has 0 saturated carbocycles. The molecule has 2 N–H and O–H groups in total. The van der Waals surface area contributed by atoms with Crippen LogP contribution in [0.4, 0.5) is 0 Å². The molecule has 0 aliphatic heterocycles. The average molecular weight is 294 g/mol. The van der Waals surface area contributed by atoms with Gasteiger partial charge in [0.2, 0.25) is 0 Å². The third kappa shape index (κ3) is 3.14. The van der Waals surface area contributed by atoms with Gasteiger partial charge >= 0.3 is 5.97 Å². The number of benzene rings is 2. The fraction of sp³-hybridized carbons (Fsp3) is 0. The number of hydrogen-bond acceptors (Lipinski definition) is 4. The van der Waals surface area contributed by atoms with E-state index in [2.05, 4.69) is 0 Å². The van der Waals surface area contributed by atoms with Gasteiger partial charge in [-0.05, 0) is 36.4 Å². The molecule has 0 saturated heterocycles. The second-order valence-electron chi connectivity index (χ2n) is 3.85. The molecular formula is C13H10O6S. The molecule has 104 valence electrons. The van der Waals surface area contributed by atoms with Gasteiger partial charge in [-0.25, -0.2) is 4.79 Å². The van der Waals surface area contributed by atoms with Gasteiger partial charge in [0.05, 0.1) is 4.90 Å². The minimum absolute atomic E-state index is 0.00800. The fourth-order valence-corrected chi connectivity index (χ4v) is 2.02. The first-order valence-corrected chi connectivity index (χ1v) is 6.89. The quantitative estimate of drug-likeness (QED) is 0.840. The minimum Gasteiger partial charge on any atom is -0.478 e. The molecular weight excluding hydrogens is 284 g/mol. The van der Waals surface area contributed by atoms with E-state index in [1.807, 2.05) is 0 Å². The lowest BCUT2D eigenvalue weighted by Crippen LogP contribution is -2.00. The molecule has 0 bridgehead atoms. The fourth-order valence-electron chi connectivity index (χ4n) is 1.54. The van der Waals surface area contributed by atoms with Crippen LogP contribution in [0.1, 0.15) is 10.4 Å². The number of ether oxygens (including phenoxy) is 1. The van der Waals surface area contributed by atoms with Crippen molar-refractivity contribution in [2.75, 3.05) is 0 Å². The first-order chi connectivity index (χ1) is 9.38. The molecule has 0 radical (unpaired) electrons. The van der Waals surface area contributed by atoms with E-state index in [1.165, 1.54) is 24.3 Å². The number of carboxylic acid groups (broad SMARTS) is 1. The average Bonchev–Trinajstić information content (AvgIpc) is 2.38. The summed E-state index contributed by atoms with van der Waals surface area (Å²) in [5, 5.41) is 9.00. The number of carboxylic acids is 1. The van der Waals surface area contributed by atoms with E-state index in [1.54, 1.807) is 12.1 Å². The van der Waals surface area contributed by atoms with Crippen LogP contribution in [0.15, 0.2) is 53.4 Å². The maximum absolute atomic E-state index is 11.0. The molecule has 0 atom stereocenters. The Bertz CT molecular complexity index is 734. The number of rotatable bonds is 4. The summed E-state index contributed by atoms with van der Waals surface area (Å²) in [4.78, 5) is 10.7. The first kappa shape index (κ1) is 14.0. The Morgan fingerprint density at radius 2 is 1.60 bits per heavy atom. The Morgan fingerprint density at radius 1 is 1.00 bits per heavy atom. The Morgan fingerprint density at radius 3 is 2.15 bits per heavy atom. The van der Waals surface area contributed by atoms with Gasteiger partial charge in [0.1, 0.15) is 17.1 Å². The van der Waals surface area contributed by atoms with E-state index in [0.717, 1.165) is 12.1 Å². The van der Waals surface area contributed by atoms with E-state index in [4.69, 9.17) is 14.4 Å². The van der Waals surface area contributed by atoms with Crippen molar-refractivity contribution in [3.05, 3.63) is 54.1 Å². The maximum Gasteiger partial charge on any atom is 0.339 e. The molecule has 6 nitrogen and oxygen atoms in total. The summed E-state index contributed by atoms with van der Waals surface area (Å²) in [7, 11) is -4.26. The van der Waals surface area contributed by atoms with Gasteiger partial charge in [0.25, 0.3) is 10.1 Å². The van der Waals surface area contributed by atoms with Crippen molar-refractivity contribution in [1.82, 2.24) is 0 Å². The normalized spacial score (nSPS) is 11.1. The predicted molar refractivity (Wildman–Crippen MR) is 69.7 cm³/mol. The van der Waals surface area contributed by atoms with Crippen LogP contribution in [0.2, 0.25) is 0 Å². The second kappa shape index (κ2) is 5.32. The summed E-state index contributed by atoms with van der Waals surface area (Å²) < 4.78 is 36.0. The van der Waals surface area contributed by atoms with E-state index in [0.29, 0.717) is 0 Å². The van der Waals surface area contributed by atoms with Crippen LogP contribution < -0.4 is 4.74 Å². The molecule has 2 aromatic rings. The molecule has 7 heteroatoms. The first-order valence-electron chi connectivity index (χ1n) is 5.45. The van der Waals surface area contributed by atoms with Crippen LogP contribution in [-0.2, 0) is 10.1 Å². The van der Waals surface area contributed by atoms with Crippen LogP contribution in [0.25, 0.3) is 0 Å². The smallest absolute Gasteiger partial charge is 0.339 e. The summed E-state index contributed by atoms with van der Waals surface area (Å²) in [6.07, 6.45) is 0. The molecule has 0 aliphatic rings. The molecule has 2 aromatic carbocycles. The largest absolute Gasteiger partial charge is 0.478 e. The minimum atomic E-state index is -4.26. The number of hydrogen-bond donors (Lipinski definition) is 2. The monoisotopic (exact) mass is 294 g/mol. The van der Waals surface area contributed by atoms with E-state index >= 15 is 0 Å². The molecule has 0 aliphatic carbocycles. The zero-order valence-electron chi connectivity index (χ0n) is 10.1. The van der Waals surface area contributed by atoms with Crippen molar-refractivity contribution >= 4 is 16.1 Å². The zero-order valence-corrected chi connectivity index (χ0v) is 10.9. The van der Waals surface area contributed by atoms with Crippen molar-refractivity contribution in [2.45, 2.75) is 4.90 Å². The SMILES string of the molecule is O=C(O)c1ccccc1Oc1ccc(S(=O)(=O)O)cc1. The van der Waals surface area contributed by atoms with E-state index in [9.17, 15) is 13.2 Å². The second-order valence-corrected chi connectivity index (χ2v) is 5.27.